The van der Waals surface area contributed by atoms with E-state index in [1.165, 1.54) is 6.07 Å². The van der Waals surface area contributed by atoms with E-state index in [9.17, 15) is 23.6 Å². The molecule has 194 valence electrons. The van der Waals surface area contributed by atoms with Gasteiger partial charge in [0.25, 0.3) is 11.8 Å². The third-order valence-electron chi connectivity index (χ3n) is 5.28. The first-order valence-corrected chi connectivity index (χ1v) is 11.6. The minimum Gasteiger partial charge on any atom is -0.486 e. The van der Waals surface area contributed by atoms with Crippen LogP contribution in [-0.2, 0) is 27.3 Å². The number of carbonyl (C=O) groups excluding carboxylic acids is 4. The van der Waals surface area contributed by atoms with Crippen LogP contribution in [0.5, 0.6) is 5.75 Å². The molecule has 0 fully saturated rings. The summed E-state index contributed by atoms with van der Waals surface area (Å²) in [5.41, 5.74) is 0.177. The number of halogens is 1. The highest BCUT2D eigenvalue weighted by atomic mass is 19.1. The number of ketones is 1. The Morgan fingerprint density at radius 3 is 2.70 bits per heavy atom. The van der Waals surface area contributed by atoms with Crippen LogP contribution in [0.3, 0.4) is 0 Å². The normalized spacial score (nSPS) is 13.0. The number of benzene rings is 1. The quantitative estimate of drug-likeness (QED) is 0.457. The zero-order valence-corrected chi connectivity index (χ0v) is 20.6. The SMILES string of the molecule is CC(C)(C)OC(=O)CCNC(=O)c1cc(C(=O)NCc2ccc3c(c2)CC(=O)CO3)nc2c(F)cnn12. The van der Waals surface area contributed by atoms with Crippen molar-refractivity contribution in [2.75, 3.05) is 13.2 Å². The smallest absolute Gasteiger partial charge is 0.308 e. The summed E-state index contributed by atoms with van der Waals surface area (Å²) in [6.45, 7) is 5.31. The number of hydrogen-bond donors (Lipinski definition) is 2. The van der Waals surface area contributed by atoms with Crippen LogP contribution in [0.4, 0.5) is 4.39 Å². The van der Waals surface area contributed by atoms with Crippen molar-refractivity contribution in [1.82, 2.24) is 25.2 Å². The average molecular weight is 512 g/mol. The number of Topliss-reactive ketones (excluding diaryl/α,β-unsaturated/α-hetero) is 1. The Morgan fingerprint density at radius 2 is 1.95 bits per heavy atom. The van der Waals surface area contributed by atoms with Gasteiger partial charge >= 0.3 is 5.97 Å². The molecule has 11 nitrogen and oxygen atoms in total. The first kappa shape index (κ1) is 25.7. The molecule has 0 saturated carbocycles. The molecule has 1 aromatic carbocycles. The lowest BCUT2D eigenvalue weighted by Crippen LogP contribution is -2.31. The van der Waals surface area contributed by atoms with Crippen LogP contribution < -0.4 is 15.4 Å². The van der Waals surface area contributed by atoms with E-state index in [4.69, 9.17) is 9.47 Å². The topological polar surface area (TPSA) is 141 Å². The van der Waals surface area contributed by atoms with Gasteiger partial charge in [0.2, 0.25) is 0 Å². The summed E-state index contributed by atoms with van der Waals surface area (Å²) >= 11 is 0. The fraction of sp³-hybridized carbons (Fsp3) is 0.360. The van der Waals surface area contributed by atoms with Crippen molar-refractivity contribution in [2.24, 2.45) is 0 Å². The molecule has 0 spiro atoms. The Kier molecular flexibility index (Phi) is 7.18. The Morgan fingerprint density at radius 1 is 1.16 bits per heavy atom. The lowest BCUT2D eigenvalue weighted by molar-refractivity contribution is -0.154. The number of nitrogens with zero attached hydrogens (tertiary/aromatic N) is 3. The van der Waals surface area contributed by atoms with Crippen LogP contribution in [0.15, 0.2) is 30.5 Å². The van der Waals surface area contributed by atoms with E-state index in [0.29, 0.717) is 5.75 Å². The van der Waals surface area contributed by atoms with E-state index in [1.807, 2.05) is 0 Å². The van der Waals surface area contributed by atoms with E-state index >= 15 is 0 Å². The molecule has 3 aromatic rings. The van der Waals surface area contributed by atoms with E-state index < -0.39 is 29.2 Å². The highest BCUT2D eigenvalue weighted by Gasteiger charge is 2.22. The number of amides is 2. The molecule has 12 heteroatoms. The van der Waals surface area contributed by atoms with Gasteiger partial charge in [-0.15, -0.1) is 0 Å². The van der Waals surface area contributed by atoms with Gasteiger partial charge < -0.3 is 20.1 Å². The molecule has 0 aliphatic carbocycles. The number of aromatic nitrogens is 3. The number of hydrogen-bond acceptors (Lipinski definition) is 8. The molecule has 1 aliphatic rings. The number of nitrogens with one attached hydrogen (secondary N) is 2. The summed E-state index contributed by atoms with van der Waals surface area (Å²) in [6, 6.07) is 6.45. The maximum Gasteiger partial charge on any atom is 0.308 e. The fourth-order valence-corrected chi connectivity index (χ4v) is 3.69. The van der Waals surface area contributed by atoms with Crippen molar-refractivity contribution >= 4 is 29.2 Å². The molecule has 2 amide bonds. The van der Waals surface area contributed by atoms with E-state index in [-0.39, 0.29) is 55.4 Å². The monoisotopic (exact) mass is 511 g/mol. The van der Waals surface area contributed by atoms with Gasteiger partial charge in [0, 0.05) is 31.1 Å². The number of fused-ring (bicyclic) bond motifs is 2. The van der Waals surface area contributed by atoms with Crippen LogP contribution in [0.1, 0.15) is 59.3 Å². The molecule has 37 heavy (non-hydrogen) atoms. The molecule has 2 N–H and O–H groups in total. The lowest BCUT2D eigenvalue weighted by Gasteiger charge is -2.19. The molecular weight excluding hydrogens is 485 g/mol. The fourth-order valence-electron chi connectivity index (χ4n) is 3.69. The van der Waals surface area contributed by atoms with Crippen LogP contribution >= 0.6 is 0 Å². The van der Waals surface area contributed by atoms with Gasteiger partial charge in [-0.3, -0.25) is 19.2 Å². The second-order valence-electron chi connectivity index (χ2n) is 9.48. The van der Waals surface area contributed by atoms with E-state index in [2.05, 4.69) is 20.7 Å². The van der Waals surface area contributed by atoms with Crippen LogP contribution in [-0.4, -0.2) is 56.9 Å². The Labute approximate surface area is 211 Å². The van der Waals surface area contributed by atoms with Gasteiger partial charge in [0.05, 0.1) is 12.6 Å². The molecule has 0 unspecified atom stereocenters. The number of esters is 1. The molecule has 0 bridgehead atoms. The third-order valence-corrected chi connectivity index (χ3v) is 5.28. The largest absolute Gasteiger partial charge is 0.486 e. The van der Waals surface area contributed by atoms with Gasteiger partial charge in [-0.1, -0.05) is 6.07 Å². The van der Waals surface area contributed by atoms with Gasteiger partial charge in [0.15, 0.2) is 17.2 Å². The van der Waals surface area contributed by atoms with Crippen LogP contribution in [0, 0.1) is 5.82 Å². The summed E-state index contributed by atoms with van der Waals surface area (Å²) in [4.78, 5) is 53.2. The Bertz CT molecular complexity index is 1390. The predicted molar refractivity (Wildman–Crippen MR) is 128 cm³/mol. The summed E-state index contributed by atoms with van der Waals surface area (Å²) in [6.07, 6.45) is 1.07. The van der Waals surface area contributed by atoms with Crippen LogP contribution in [0.25, 0.3) is 5.65 Å². The second kappa shape index (κ2) is 10.3. The lowest BCUT2D eigenvalue weighted by atomic mass is 10.0. The van der Waals surface area contributed by atoms with Gasteiger partial charge in [-0.25, -0.2) is 13.9 Å². The van der Waals surface area contributed by atoms with Crippen LogP contribution in [0.2, 0.25) is 0 Å². The molecular formula is C25H26FN5O6. The molecule has 3 heterocycles. The second-order valence-corrected chi connectivity index (χ2v) is 9.48. The molecule has 0 saturated heterocycles. The molecule has 0 atom stereocenters. The molecule has 4 rings (SSSR count). The summed E-state index contributed by atoms with van der Waals surface area (Å²) in [5, 5.41) is 9.06. The molecule has 1 aliphatic heterocycles. The molecule has 2 aromatic heterocycles. The standard InChI is InChI=1S/C25H26FN5O6/c1-25(2,3)37-21(33)6-7-27-24(35)19-10-18(30-22-17(26)12-29-31(19)22)23(34)28-11-14-4-5-20-15(8-14)9-16(32)13-36-20/h4-5,8,10,12H,6-7,9,11,13H2,1-3H3,(H,27,35)(H,28,34). The summed E-state index contributed by atoms with van der Waals surface area (Å²) in [7, 11) is 0. The minimum atomic E-state index is -0.809. The van der Waals surface area contributed by atoms with Gasteiger partial charge in [-0.05, 0) is 38.5 Å². The van der Waals surface area contributed by atoms with Crippen molar-refractivity contribution in [3.63, 3.8) is 0 Å². The van der Waals surface area contributed by atoms with E-state index in [0.717, 1.165) is 21.8 Å². The Balaban J connectivity index is 1.46. The first-order valence-electron chi connectivity index (χ1n) is 11.6. The van der Waals surface area contributed by atoms with Crippen molar-refractivity contribution in [3.05, 3.63) is 58.8 Å². The molecule has 0 radical (unpaired) electrons. The highest BCUT2D eigenvalue weighted by Crippen LogP contribution is 2.24. The zero-order chi connectivity index (χ0) is 26.7. The van der Waals surface area contributed by atoms with Crippen molar-refractivity contribution in [2.45, 2.75) is 45.8 Å². The Hall–Kier alpha value is -4.35. The first-order chi connectivity index (χ1) is 17.5. The van der Waals surface area contributed by atoms with Gasteiger partial charge in [0.1, 0.15) is 29.3 Å². The minimum absolute atomic E-state index is 0.0343. The van der Waals surface area contributed by atoms with Gasteiger partial charge in [-0.2, -0.15) is 5.10 Å². The maximum atomic E-state index is 14.3. The predicted octanol–water partition coefficient (Wildman–Crippen LogP) is 1.76. The zero-order valence-electron chi connectivity index (χ0n) is 20.6. The highest BCUT2D eigenvalue weighted by molar-refractivity contribution is 5.98. The maximum absolute atomic E-state index is 14.3. The van der Waals surface area contributed by atoms with Crippen molar-refractivity contribution in [1.29, 1.82) is 0 Å². The summed E-state index contributed by atoms with van der Waals surface area (Å²) in [5.74, 6) is -2.03. The third kappa shape index (κ3) is 6.26. The number of carbonyl (C=O) groups is 4. The van der Waals surface area contributed by atoms with E-state index in [1.54, 1.807) is 39.0 Å². The average Bonchev–Trinajstić information content (AvgIpc) is 3.21. The van der Waals surface area contributed by atoms with Crippen molar-refractivity contribution in [3.8, 4) is 5.75 Å². The number of rotatable bonds is 7. The van der Waals surface area contributed by atoms with Crippen molar-refractivity contribution < 1.29 is 33.0 Å². The summed E-state index contributed by atoms with van der Waals surface area (Å²) < 4.78 is 25.8. The number of ether oxygens (including phenoxy) is 2.